The molecule has 2 aliphatic rings. The number of ether oxygens (including phenoxy) is 1. The van der Waals surface area contributed by atoms with Crippen LogP contribution in [-0.4, -0.2) is 58.4 Å². The third kappa shape index (κ3) is 5.15. The summed E-state index contributed by atoms with van der Waals surface area (Å²) in [6, 6.07) is 11.0. The topological polar surface area (TPSA) is 72.3 Å². The quantitative estimate of drug-likeness (QED) is 0.505. The van der Waals surface area contributed by atoms with E-state index >= 15 is 0 Å². The molecule has 1 saturated heterocycles. The molecule has 2 aromatic heterocycles. The van der Waals surface area contributed by atoms with Crippen LogP contribution in [0.2, 0.25) is 0 Å². The Kier molecular flexibility index (Phi) is 6.92. The van der Waals surface area contributed by atoms with Crippen molar-refractivity contribution >= 4 is 16.9 Å². The number of fused-ring (bicyclic) bond motifs is 1. The molecule has 1 aliphatic carbocycles. The Bertz CT molecular complexity index is 1150. The number of rotatable bonds is 9. The maximum Gasteiger partial charge on any atom is 0.252 e. The van der Waals surface area contributed by atoms with Gasteiger partial charge in [-0.25, -0.2) is 9.67 Å². The number of carbonyl (C=O) groups is 1. The van der Waals surface area contributed by atoms with Gasteiger partial charge < -0.3 is 15.0 Å². The maximum absolute atomic E-state index is 13.4. The maximum atomic E-state index is 13.4. The SMILES string of the molecule is CCCCN(C)Cc1cccc(-c2cc(C(=O)NC3CCOCC3)c3cnn(C4CC4)c3n2)c1. The van der Waals surface area contributed by atoms with Crippen molar-refractivity contribution in [1.29, 1.82) is 0 Å². The fraction of sp³-hybridized carbons (Fsp3) is 0.519. The standard InChI is InChI=1S/C27H35N5O2/c1-3-4-12-31(2)18-19-6-5-7-20(15-19)25-16-23(27(33)29-21-10-13-34-14-11-21)24-17-28-32(22-8-9-22)26(24)30-25/h5-7,15-17,21-22H,3-4,8-14,18H2,1-2H3,(H,29,33). The van der Waals surface area contributed by atoms with Crippen molar-refractivity contribution in [2.75, 3.05) is 26.8 Å². The van der Waals surface area contributed by atoms with Crippen LogP contribution in [0, 0.1) is 0 Å². The fourth-order valence-electron chi connectivity index (χ4n) is 4.69. The Hall–Kier alpha value is -2.77. The summed E-state index contributed by atoms with van der Waals surface area (Å²) in [6.07, 6.45) is 8.14. The van der Waals surface area contributed by atoms with Crippen LogP contribution >= 0.6 is 0 Å². The molecule has 0 atom stereocenters. The predicted molar refractivity (Wildman–Crippen MR) is 134 cm³/mol. The first-order valence-corrected chi connectivity index (χ1v) is 12.7. The number of nitrogens with zero attached hydrogens (tertiary/aromatic N) is 4. The summed E-state index contributed by atoms with van der Waals surface area (Å²) in [5, 5.41) is 8.67. The third-order valence-electron chi connectivity index (χ3n) is 6.83. The second-order valence-electron chi connectivity index (χ2n) is 9.76. The Balaban J connectivity index is 1.48. The number of hydrogen-bond donors (Lipinski definition) is 1. The molecule has 1 N–H and O–H groups in total. The molecule has 1 aromatic carbocycles. The highest BCUT2D eigenvalue weighted by Crippen LogP contribution is 2.37. The van der Waals surface area contributed by atoms with Gasteiger partial charge in [-0.15, -0.1) is 0 Å². The highest BCUT2D eigenvalue weighted by molar-refractivity contribution is 6.06. The van der Waals surface area contributed by atoms with Crippen LogP contribution in [0.4, 0.5) is 0 Å². The van der Waals surface area contributed by atoms with Gasteiger partial charge in [-0.1, -0.05) is 31.5 Å². The van der Waals surface area contributed by atoms with Crippen LogP contribution in [0.15, 0.2) is 36.5 Å². The van der Waals surface area contributed by atoms with Crippen LogP contribution in [0.3, 0.4) is 0 Å². The van der Waals surface area contributed by atoms with Crippen molar-refractivity contribution in [2.45, 2.75) is 64.1 Å². The van der Waals surface area contributed by atoms with Crippen molar-refractivity contribution in [2.24, 2.45) is 0 Å². The lowest BCUT2D eigenvalue weighted by Crippen LogP contribution is -2.39. The minimum atomic E-state index is -0.0497. The molecule has 0 radical (unpaired) electrons. The lowest BCUT2D eigenvalue weighted by atomic mass is 10.0. The minimum absolute atomic E-state index is 0.0497. The number of hydrogen-bond acceptors (Lipinski definition) is 5. The number of nitrogens with one attached hydrogen (secondary N) is 1. The second kappa shape index (κ2) is 10.2. The van der Waals surface area contributed by atoms with Gasteiger partial charge in [0.05, 0.1) is 28.9 Å². The molecule has 7 nitrogen and oxygen atoms in total. The molecule has 2 fully saturated rings. The highest BCUT2D eigenvalue weighted by Gasteiger charge is 2.28. The van der Waals surface area contributed by atoms with Crippen molar-refractivity contribution in [3.05, 3.63) is 47.7 Å². The fourth-order valence-corrected chi connectivity index (χ4v) is 4.69. The largest absolute Gasteiger partial charge is 0.381 e. The van der Waals surface area contributed by atoms with E-state index in [1.807, 2.05) is 16.9 Å². The number of amides is 1. The molecule has 0 spiro atoms. The van der Waals surface area contributed by atoms with E-state index in [0.717, 1.165) is 61.1 Å². The molecule has 34 heavy (non-hydrogen) atoms. The Morgan fingerprint density at radius 3 is 2.79 bits per heavy atom. The molecule has 5 rings (SSSR count). The van der Waals surface area contributed by atoms with Crippen LogP contribution in [0.25, 0.3) is 22.3 Å². The molecule has 0 unspecified atom stereocenters. The van der Waals surface area contributed by atoms with Crippen molar-refractivity contribution < 1.29 is 9.53 Å². The van der Waals surface area contributed by atoms with Crippen molar-refractivity contribution in [3.8, 4) is 11.3 Å². The summed E-state index contributed by atoms with van der Waals surface area (Å²) in [6.45, 7) is 5.59. The van der Waals surface area contributed by atoms with Gasteiger partial charge in [0.2, 0.25) is 0 Å². The molecule has 1 amide bonds. The van der Waals surface area contributed by atoms with Crippen LogP contribution < -0.4 is 5.32 Å². The minimum Gasteiger partial charge on any atom is -0.381 e. The van der Waals surface area contributed by atoms with E-state index in [0.29, 0.717) is 24.8 Å². The Labute approximate surface area is 201 Å². The molecule has 3 aromatic rings. The van der Waals surface area contributed by atoms with Gasteiger partial charge >= 0.3 is 0 Å². The molecule has 7 heteroatoms. The number of unbranched alkanes of at least 4 members (excludes halogenated alkanes) is 1. The summed E-state index contributed by atoms with van der Waals surface area (Å²) < 4.78 is 7.46. The van der Waals surface area contributed by atoms with E-state index in [-0.39, 0.29) is 11.9 Å². The Morgan fingerprint density at radius 1 is 1.21 bits per heavy atom. The van der Waals surface area contributed by atoms with Crippen LogP contribution in [0.5, 0.6) is 0 Å². The summed E-state index contributed by atoms with van der Waals surface area (Å²) in [5.74, 6) is -0.0497. The molecular formula is C27H35N5O2. The summed E-state index contributed by atoms with van der Waals surface area (Å²) in [5.41, 5.74) is 4.57. The van der Waals surface area contributed by atoms with Gasteiger partial charge in [0, 0.05) is 31.4 Å². The molecule has 1 aliphatic heterocycles. The number of aromatic nitrogens is 3. The van der Waals surface area contributed by atoms with E-state index in [1.165, 1.54) is 18.4 Å². The first-order valence-electron chi connectivity index (χ1n) is 12.7. The molecule has 1 saturated carbocycles. The zero-order valence-corrected chi connectivity index (χ0v) is 20.3. The summed E-state index contributed by atoms with van der Waals surface area (Å²) in [4.78, 5) is 20.8. The number of carbonyl (C=O) groups excluding carboxylic acids is 1. The lowest BCUT2D eigenvalue weighted by Gasteiger charge is -2.23. The van der Waals surface area contributed by atoms with E-state index in [1.54, 1.807) is 0 Å². The first kappa shape index (κ1) is 23.0. The zero-order chi connectivity index (χ0) is 23.5. The zero-order valence-electron chi connectivity index (χ0n) is 20.3. The predicted octanol–water partition coefficient (Wildman–Crippen LogP) is 4.57. The summed E-state index contributed by atoms with van der Waals surface area (Å²) >= 11 is 0. The van der Waals surface area contributed by atoms with Gasteiger partial charge in [-0.05, 0) is 63.4 Å². The van der Waals surface area contributed by atoms with Gasteiger partial charge in [-0.2, -0.15) is 5.10 Å². The van der Waals surface area contributed by atoms with Gasteiger partial charge in [0.15, 0.2) is 5.65 Å². The average Bonchev–Trinajstić information content (AvgIpc) is 3.61. The smallest absolute Gasteiger partial charge is 0.252 e. The van der Waals surface area contributed by atoms with Crippen molar-refractivity contribution in [1.82, 2.24) is 25.0 Å². The lowest BCUT2D eigenvalue weighted by molar-refractivity contribution is 0.0697. The van der Waals surface area contributed by atoms with Gasteiger partial charge in [-0.3, -0.25) is 4.79 Å². The normalized spacial score (nSPS) is 16.9. The Morgan fingerprint density at radius 2 is 2.03 bits per heavy atom. The van der Waals surface area contributed by atoms with Crippen LogP contribution in [-0.2, 0) is 11.3 Å². The number of pyridine rings is 1. The van der Waals surface area contributed by atoms with E-state index in [2.05, 4.69) is 53.6 Å². The van der Waals surface area contributed by atoms with Gasteiger partial charge in [0.25, 0.3) is 5.91 Å². The molecule has 0 bridgehead atoms. The highest BCUT2D eigenvalue weighted by atomic mass is 16.5. The van der Waals surface area contributed by atoms with Crippen LogP contribution in [0.1, 0.15) is 67.4 Å². The first-order chi connectivity index (χ1) is 16.6. The number of benzene rings is 1. The molecule has 180 valence electrons. The monoisotopic (exact) mass is 461 g/mol. The third-order valence-corrected chi connectivity index (χ3v) is 6.83. The molecule has 3 heterocycles. The summed E-state index contributed by atoms with van der Waals surface area (Å²) in [7, 11) is 2.17. The van der Waals surface area contributed by atoms with E-state index in [4.69, 9.17) is 9.72 Å². The van der Waals surface area contributed by atoms with Crippen molar-refractivity contribution in [3.63, 3.8) is 0 Å². The van der Waals surface area contributed by atoms with E-state index in [9.17, 15) is 4.79 Å². The van der Waals surface area contributed by atoms with Gasteiger partial charge in [0.1, 0.15) is 0 Å². The average molecular weight is 462 g/mol. The molecular weight excluding hydrogens is 426 g/mol. The second-order valence-corrected chi connectivity index (χ2v) is 9.76. The van der Waals surface area contributed by atoms with E-state index < -0.39 is 0 Å².